The Hall–Kier alpha value is -2.35. The number of hydrogen-bond donors (Lipinski definition) is 1. The van der Waals surface area contributed by atoms with Crippen LogP contribution in [0.25, 0.3) is 0 Å². The lowest BCUT2D eigenvalue weighted by atomic mass is 9.95. The molecule has 1 N–H and O–H groups in total. The average molecular weight is 320 g/mol. The number of guanidine groups is 1. The highest BCUT2D eigenvalue weighted by atomic mass is 16.5. The summed E-state index contributed by atoms with van der Waals surface area (Å²) in [4.78, 5) is 33.2. The van der Waals surface area contributed by atoms with Gasteiger partial charge in [0, 0.05) is 26.2 Å². The Morgan fingerprint density at radius 2 is 2.13 bits per heavy atom. The number of piperazine rings is 1. The maximum Gasteiger partial charge on any atom is 0.320 e. The van der Waals surface area contributed by atoms with Gasteiger partial charge in [-0.05, 0) is 19.2 Å². The van der Waals surface area contributed by atoms with Crippen molar-refractivity contribution in [2.75, 3.05) is 40.3 Å². The van der Waals surface area contributed by atoms with E-state index >= 15 is 0 Å². The highest BCUT2D eigenvalue weighted by Crippen LogP contribution is 2.31. The molecule has 2 aliphatic heterocycles. The number of nitrogens with zero attached hydrogens (tertiary/aromatic N) is 3. The maximum atomic E-state index is 12.4. The summed E-state index contributed by atoms with van der Waals surface area (Å²) in [6, 6.07) is 2.71. The van der Waals surface area contributed by atoms with Gasteiger partial charge in [-0.3, -0.25) is 14.9 Å². The molecule has 0 spiro atoms. The zero-order valence-electron chi connectivity index (χ0n) is 13.2. The van der Waals surface area contributed by atoms with Crippen molar-refractivity contribution in [3.63, 3.8) is 0 Å². The van der Waals surface area contributed by atoms with Crippen molar-refractivity contribution in [3.05, 3.63) is 24.2 Å². The van der Waals surface area contributed by atoms with E-state index < -0.39 is 23.8 Å². The molecule has 1 amide bonds. The van der Waals surface area contributed by atoms with Crippen LogP contribution in [0.1, 0.15) is 11.8 Å². The van der Waals surface area contributed by atoms with Gasteiger partial charge in [0.05, 0.1) is 13.4 Å². The van der Waals surface area contributed by atoms with Crippen LogP contribution in [0.4, 0.5) is 0 Å². The first-order valence-electron chi connectivity index (χ1n) is 7.53. The van der Waals surface area contributed by atoms with Crippen LogP contribution in [-0.2, 0) is 14.3 Å². The molecule has 3 rings (SSSR count). The van der Waals surface area contributed by atoms with E-state index in [9.17, 15) is 9.59 Å². The minimum absolute atomic E-state index is 0.415. The van der Waals surface area contributed by atoms with Crippen molar-refractivity contribution in [3.8, 4) is 0 Å². The first-order valence-corrected chi connectivity index (χ1v) is 7.53. The molecule has 1 aromatic rings. The van der Waals surface area contributed by atoms with E-state index in [-0.39, 0.29) is 0 Å². The van der Waals surface area contributed by atoms with Crippen LogP contribution in [-0.4, -0.2) is 68.0 Å². The molecule has 0 radical (unpaired) electrons. The van der Waals surface area contributed by atoms with Gasteiger partial charge >= 0.3 is 5.97 Å². The predicted octanol–water partition coefficient (Wildman–Crippen LogP) is -0.157. The maximum absolute atomic E-state index is 12.4. The molecule has 3 heterocycles. The van der Waals surface area contributed by atoms with Crippen molar-refractivity contribution in [2.45, 2.75) is 6.04 Å². The molecule has 0 aliphatic carbocycles. The number of esters is 1. The Bertz CT molecular complexity index is 605. The fraction of sp³-hybridized carbons (Fsp3) is 0.533. The van der Waals surface area contributed by atoms with Crippen molar-refractivity contribution >= 4 is 17.8 Å². The van der Waals surface area contributed by atoms with E-state index in [4.69, 9.17) is 9.15 Å². The second-order valence-corrected chi connectivity index (χ2v) is 5.69. The minimum atomic E-state index is -1.04. The number of amides is 1. The molecule has 0 aromatic carbocycles. The van der Waals surface area contributed by atoms with Crippen LogP contribution >= 0.6 is 0 Å². The number of nitrogens with one attached hydrogen (secondary N) is 1. The Kier molecular flexibility index (Phi) is 4.33. The molecule has 124 valence electrons. The smallest absolute Gasteiger partial charge is 0.320 e. The van der Waals surface area contributed by atoms with Crippen LogP contribution in [0.5, 0.6) is 0 Å². The monoisotopic (exact) mass is 320 g/mol. The molecule has 0 bridgehead atoms. The molecule has 2 atom stereocenters. The number of hydrogen-bond acceptors (Lipinski definition) is 7. The number of carbonyl (C=O) groups is 2. The number of carbonyl (C=O) groups excluding carboxylic acids is 2. The summed E-state index contributed by atoms with van der Waals surface area (Å²) in [5, 5.41) is 2.73. The molecule has 2 aliphatic rings. The van der Waals surface area contributed by atoms with Crippen LogP contribution in [0.3, 0.4) is 0 Å². The molecule has 0 saturated carbocycles. The number of methoxy groups -OCH3 is 1. The third-order valence-corrected chi connectivity index (χ3v) is 4.19. The lowest BCUT2D eigenvalue weighted by molar-refractivity contribution is -0.151. The number of furan rings is 1. The molecule has 0 unspecified atom stereocenters. The zero-order chi connectivity index (χ0) is 16.4. The van der Waals surface area contributed by atoms with Crippen LogP contribution in [0.2, 0.25) is 0 Å². The number of likely N-dealkylation sites (N-methyl/N-ethyl adjacent to an activating group) is 1. The summed E-state index contributed by atoms with van der Waals surface area (Å²) in [5.41, 5.74) is 0. The van der Waals surface area contributed by atoms with Gasteiger partial charge in [0.15, 0.2) is 5.92 Å². The highest BCUT2D eigenvalue weighted by molar-refractivity contribution is 6.08. The van der Waals surface area contributed by atoms with Crippen LogP contribution < -0.4 is 5.32 Å². The number of ether oxygens (including phenoxy) is 1. The molecule has 1 saturated heterocycles. The first-order chi connectivity index (χ1) is 11.1. The van der Waals surface area contributed by atoms with Gasteiger partial charge in [0.25, 0.3) is 0 Å². The molecular weight excluding hydrogens is 300 g/mol. The van der Waals surface area contributed by atoms with Gasteiger partial charge in [-0.1, -0.05) is 0 Å². The predicted molar refractivity (Wildman–Crippen MR) is 81.6 cm³/mol. The van der Waals surface area contributed by atoms with Crippen molar-refractivity contribution in [1.29, 1.82) is 0 Å². The second-order valence-electron chi connectivity index (χ2n) is 5.69. The summed E-state index contributed by atoms with van der Waals surface area (Å²) in [7, 11) is 3.31. The van der Waals surface area contributed by atoms with Crippen molar-refractivity contribution < 1.29 is 18.7 Å². The van der Waals surface area contributed by atoms with E-state index in [2.05, 4.69) is 22.3 Å². The van der Waals surface area contributed by atoms with Gasteiger partial charge in [-0.15, -0.1) is 0 Å². The summed E-state index contributed by atoms with van der Waals surface area (Å²) in [5.74, 6) is -1.11. The average Bonchev–Trinajstić information content (AvgIpc) is 3.08. The lowest BCUT2D eigenvalue weighted by Crippen LogP contribution is -2.56. The van der Waals surface area contributed by atoms with E-state index in [1.165, 1.54) is 13.4 Å². The highest BCUT2D eigenvalue weighted by Gasteiger charge is 2.43. The SMILES string of the molecule is COC(=O)[C@@H]1C(=O)NC(N2CCN(C)CC2)=N[C@H]1c1ccco1. The number of rotatable bonds is 2. The topological polar surface area (TPSA) is 87.4 Å². The zero-order valence-corrected chi connectivity index (χ0v) is 13.2. The molecule has 1 fully saturated rings. The van der Waals surface area contributed by atoms with Gasteiger partial charge in [-0.25, -0.2) is 4.99 Å². The van der Waals surface area contributed by atoms with E-state index in [1.807, 2.05) is 4.90 Å². The fourth-order valence-corrected chi connectivity index (χ4v) is 2.80. The van der Waals surface area contributed by atoms with Crippen LogP contribution in [0.15, 0.2) is 27.8 Å². The van der Waals surface area contributed by atoms with Gasteiger partial charge in [0.1, 0.15) is 11.8 Å². The summed E-state index contributed by atoms with van der Waals surface area (Å²) in [6.07, 6.45) is 1.50. The molecule has 1 aromatic heterocycles. The molecule has 23 heavy (non-hydrogen) atoms. The second kappa shape index (κ2) is 6.41. The lowest BCUT2D eigenvalue weighted by Gasteiger charge is -2.37. The third-order valence-electron chi connectivity index (χ3n) is 4.19. The standard InChI is InChI=1S/C15H20N4O4/c1-18-5-7-19(8-6-18)15-16-12(10-4-3-9-23-10)11(13(20)17-15)14(21)22-2/h3-4,9,11-12H,5-8H2,1-2H3,(H,16,17,20)/t11-,12-/m0/s1. The van der Waals surface area contributed by atoms with E-state index in [0.717, 1.165) is 26.2 Å². The van der Waals surface area contributed by atoms with Crippen molar-refractivity contribution in [2.24, 2.45) is 10.9 Å². The van der Waals surface area contributed by atoms with Gasteiger partial charge in [0.2, 0.25) is 11.9 Å². The summed E-state index contributed by atoms with van der Waals surface area (Å²) in [6.45, 7) is 3.31. The molecule has 8 nitrogen and oxygen atoms in total. The van der Waals surface area contributed by atoms with E-state index in [0.29, 0.717) is 11.7 Å². The first kappa shape index (κ1) is 15.5. The Morgan fingerprint density at radius 3 is 2.74 bits per heavy atom. The van der Waals surface area contributed by atoms with Crippen molar-refractivity contribution in [1.82, 2.24) is 15.1 Å². The Balaban J connectivity index is 1.90. The molecular formula is C15H20N4O4. The van der Waals surface area contributed by atoms with E-state index in [1.54, 1.807) is 12.1 Å². The van der Waals surface area contributed by atoms with Gasteiger partial charge < -0.3 is 19.0 Å². The fourth-order valence-electron chi connectivity index (χ4n) is 2.80. The van der Waals surface area contributed by atoms with Gasteiger partial charge in [-0.2, -0.15) is 0 Å². The largest absolute Gasteiger partial charge is 0.468 e. The Morgan fingerprint density at radius 1 is 1.39 bits per heavy atom. The summed E-state index contributed by atoms with van der Waals surface area (Å²) >= 11 is 0. The van der Waals surface area contributed by atoms with Crippen LogP contribution in [0, 0.1) is 5.92 Å². The normalized spacial score (nSPS) is 25.7. The minimum Gasteiger partial charge on any atom is -0.468 e. The third kappa shape index (κ3) is 3.07. The summed E-state index contributed by atoms with van der Waals surface area (Å²) < 4.78 is 10.1. The quantitative estimate of drug-likeness (QED) is 0.602. The molecule has 8 heteroatoms. The Labute approximate surface area is 134 Å². The number of aliphatic imine (C=N–C) groups is 1.